The van der Waals surface area contributed by atoms with Crippen molar-refractivity contribution in [3.05, 3.63) is 92.7 Å². The molecule has 1 N–H and O–H groups in total. The average Bonchev–Trinajstić information content (AvgIpc) is 3.44. The molecule has 5 aromatic rings. The molecule has 53 heavy (non-hydrogen) atoms. The van der Waals surface area contributed by atoms with Gasteiger partial charge in [0.2, 0.25) is 5.91 Å². The lowest BCUT2D eigenvalue weighted by atomic mass is 9.79. The first-order valence-corrected chi connectivity index (χ1v) is 18.8. The van der Waals surface area contributed by atoms with Gasteiger partial charge in [-0.25, -0.2) is 13.8 Å². The van der Waals surface area contributed by atoms with Crippen molar-refractivity contribution in [3.63, 3.8) is 0 Å². The fourth-order valence-corrected chi connectivity index (χ4v) is 9.31. The van der Waals surface area contributed by atoms with E-state index in [-0.39, 0.29) is 76.8 Å². The molecule has 3 aliphatic heterocycles. The number of halogens is 4. The number of aryl methyl sites for hydroxylation is 2. The molecule has 5 heterocycles. The number of pyridine rings is 1. The summed E-state index contributed by atoms with van der Waals surface area (Å²) >= 11 is 13.1. The lowest BCUT2D eigenvalue weighted by Gasteiger charge is -2.39. The maximum absolute atomic E-state index is 17.2. The fourth-order valence-electron chi connectivity index (χ4n) is 8.92. The van der Waals surface area contributed by atoms with Gasteiger partial charge in [0.15, 0.2) is 17.4 Å². The lowest BCUT2D eigenvalue weighted by molar-refractivity contribution is -0.133. The topological polar surface area (TPSA) is 107 Å². The number of ether oxygens (including phenoxy) is 1. The highest BCUT2D eigenvalue weighted by Gasteiger charge is 2.51. The monoisotopic (exact) mass is 750 g/mol. The molecule has 2 saturated carbocycles. The van der Waals surface area contributed by atoms with E-state index < -0.39 is 17.7 Å². The molecule has 1 amide bonds. The zero-order chi connectivity index (χ0) is 36.7. The van der Waals surface area contributed by atoms with E-state index >= 15 is 8.78 Å². The predicted molar refractivity (Wildman–Crippen MR) is 198 cm³/mol. The third-order valence-electron chi connectivity index (χ3n) is 11.6. The number of benzene rings is 3. The van der Waals surface area contributed by atoms with Gasteiger partial charge in [0.25, 0.3) is 0 Å². The van der Waals surface area contributed by atoms with Crippen LogP contribution < -0.4 is 10.1 Å². The smallest absolute Gasteiger partial charge is 0.226 e. The van der Waals surface area contributed by atoms with Crippen LogP contribution in [0.2, 0.25) is 10.0 Å². The molecule has 8 nitrogen and oxygen atoms in total. The summed E-state index contributed by atoms with van der Waals surface area (Å²) in [6.07, 6.45) is 3.06. The number of aromatic nitrogens is 2. The summed E-state index contributed by atoms with van der Waals surface area (Å²) in [4.78, 5) is 20.8. The molecule has 268 valence electrons. The molecule has 3 saturated heterocycles. The van der Waals surface area contributed by atoms with Crippen molar-refractivity contribution in [3.8, 4) is 29.0 Å². The predicted octanol–water partition coefficient (Wildman–Crippen LogP) is 8.74. The quantitative estimate of drug-likeness (QED) is 0.170. The van der Waals surface area contributed by atoms with Gasteiger partial charge in [-0.05, 0) is 80.5 Å². The van der Waals surface area contributed by atoms with Crippen LogP contribution >= 0.6 is 23.2 Å². The van der Waals surface area contributed by atoms with Crippen LogP contribution in [0.4, 0.5) is 8.78 Å². The zero-order valence-corrected chi connectivity index (χ0v) is 30.3. The summed E-state index contributed by atoms with van der Waals surface area (Å²) in [6, 6.07) is 17.3. The second-order valence-electron chi connectivity index (χ2n) is 14.8. The summed E-state index contributed by atoms with van der Waals surface area (Å²) in [5, 5.41) is 24.5. The van der Waals surface area contributed by atoms with Gasteiger partial charge in [-0.15, -0.1) is 0 Å². The Balaban J connectivity index is 1.24. The van der Waals surface area contributed by atoms with Gasteiger partial charge in [0.1, 0.15) is 11.6 Å². The number of nitrogens with zero attached hydrogens (tertiary/aromatic N) is 5. The molecular formula is C41H34Cl2F2N6O2. The van der Waals surface area contributed by atoms with Crippen LogP contribution in [0.25, 0.3) is 32.9 Å². The van der Waals surface area contributed by atoms with Gasteiger partial charge in [-0.3, -0.25) is 4.79 Å². The summed E-state index contributed by atoms with van der Waals surface area (Å²) in [6.45, 7) is 3.01. The van der Waals surface area contributed by atoms with E-state index in [1.165, 1.54) is 12.1 Å². The number of hydrogen-bond acceptors (Lipinski definition) is 6. The molecular weight excluding hydrogens is 717 g/mol. The summed E-state index contributed by atoms with van der Waals surface area (Å²) in [5.41, 5.74) is 4.14. The fraction of sp³-hybridized carbons (Fsp3) is 0.366. The third kappa shape index (κ3) is 5.53. The van der Waals surface area contributed by atoms with Crippen LogP contribution in [-0.2, 0) is 11.2 Å². The molecule has 5 aliphatic rings. The van der Waals surface area contributed by atoms with E-state index in [4.69, 9.17) is 32.9 Å². The maximum atomic E-state index is 17.2. The van der Waals surface area contributed by atoms with Crippen molar-refractivity contribution in [2.24, 2.45) is 11.8 Å². The van der Waals surface area contributed by atoms with E-state index in [9.17, 15) is 15.3 Å². The molecule has 12 heteroatoms. The normalized spacial score (nSPS) is 23.3. The van der Waals surface area contributed by atoms with Crippen molar-refractivity contribution in [1.82, 2.24) is 19.8 Å². The van der Waals surface area contributed by atoms with Crippen LogP contribution in [0.15, 0.2) is 48.5 Å². The standard InChI is InChI=1S/C41H34Cl2F2N6O2/c1-20-27-16-33(32-15-25(19-50(32)41(52)22-8-9-22)53-34-10-7-21(17-47)12-30(34)44)51(39-24-14-31(39)48-18-24)40(27)28-13-23(4-3-11-46)35(37(45)38(28)49-20)26-5-2-6-29(42)36(26)43/h2,5-7,10,12-13,16,22,24-25,31-32,39,48H,3-4,8-9,14-15,18-19H2,1H3/t24-,25+,31-,32-,39+/m1/s1. The number of carbonyl (C=O) groups is 1. The average molecular weight is 752 g/mol. The van der Waals surface area contributed by atoms with E-state index in [2.05, 4.69) is 22.0 Å². The number of carbonyl (C=O) groups excluding carboxylic acids is 1. The number of likely N-dealkylation sites (tertiary alicyclic amines) is 1. The molecule has 2 bridgehead atoms. The van der Waals surface area contributed by atoms with Gasteiger partial charge in [-0.1, -0.05) is 35.3 Å². The molecule has 0 unspecified atom stereocenters. The second kappa shape index (κ2) is 13.0. The summed E-state index contributed by atoms with van der Waals surface area (Å²) in [5.74, 6) is -0.769. The number of nitriles is 2. The van der Waals surface area contributed by atoms with E-state index in [0.717, 1.165) is 48.5 Å². The van der Waals surface area contributed by atoms with Gasteiger partial charge in [0, 0.05) is 64.6 Å². The van der Waals surface area contributed by atoms with E-state index in [0.29, 0.717) is 39.6 Å². The zero-order valence-electron chi connectivity index (χ0n) is 28.8. The second-order valence-corrected chi connectivity index (χ2v) is 15.6. The highest BCUT2D eigenvalue weighted by atomic mass is 35.5. The van der Waals surface area contributed by atoms with E-state index in [1.807, 2.05) is 24.0 Å². The van der Waals surface area contributed by atoms with Crippen LogP contribution in [0.3, 0.4) is 0 Å². The van der Waals surface area contributed by atoms with Crippen LogP contribution in [-0.4, -0.2) is 45.6 Å². The number of amides is 1. The molecule has 10 rings (SSSR count). The van der Waals surface area contributed by atoms with E-state index in [1.54, 1.807) is 18.2 Å². The molecule has 0 spiro atoms. The Bertz CT molecular complexity index is 2440. The first-order chi connectivity index (χ1) is 25.7. The first kappa shape index (κ1) is 34.1. The van der Waals surface area contributed by atoms with Crippen LogP contribution in [0, 0.1) is 53.1 Å². The Morgan fingerprint density at radius 3 is 2.62 bits per heavy atom. The van der Waals surface area contributed by atoms with Gasteiger partial charge in [0.05, 0.1) is 51.9 Å². The number of nitrogens with one attached hydrogen (secondary N) is 1. The number of fused-ring (bicyclic) bond motifs is 4. The van der Waals surface area contributed by atoms with Crippen molar-refractivity contribution >= 4 is 50.9 Å². The Morgan fingerprint density at radius 1 is 1.09 bits per heavy atom. The highest BCUT2D eigenvalue weighted by Crippen LogP contribution is 2.51. The highest BCUT2D eigenvalue weighted by molar-refractivity contribution is 6.43. The largest absolute Gasteiger partial charge is 0.485 e. The van der Waals surface area contributed by atoms with Gasteiger partial charge >= 0.3 is 0 Å². The Morgan fingerprint density at radius 2 is 1.92 bits per heavy atom. The van der Waals surface area contributed by atoms with Crippen LogP contribution in [0.1, 0.15) is 66.7 Å². The molecule has 5 fully saturated rings. The van der Waals surface area contributed by atoms with Gasteiger partial charge < -0.3 is 19.5 Å². The number of hydrogen-bond donors (Lipinski definition) is 1. The molecule has 0 radical (unpaired) electrons. The summed E-state index contributed by atoms with van der Waals surface area (Å²) < 4.78 is 40.8. The molecule has 3 aromatic carbocycles. The van der Waals surface area contributed by atoms with Gasteiger partial charge in [-0.2, -0.15) is 10.5 Å². The first-order valence-electron chi connectivity index (χ1n) is 18.0. The Labute approximate surface area is 314 Å². The minimum atomic E-state index is -0.625. The maximum Gasteiger partial charge on any atom is 0.226 e. The molecule has 2 aliphatic carbocycles. The Hall–Kier alpha value is -4.74. The van der Waals surface area contributed by atoms with Crippen molar-refractivity contribution in [2.75, 3.05) is 13.1 Å². The SMILES string of the molecule is Cc1nc2c(F)c(-c3cccc(Cl)c3Cl)c(CCC#N)cc2c2c1cc([C@H]1C[C@H](Oc3ccc(C#N)cc3F)CN1C(=O)C1CC1)n2[C@H]1[C@H]2CN[C@@H]1C2. The Kier molecular flexibility index (Phi) is 8.34. The number of rotatable bonds is 8. The third-order valence-corrected chi connectivity index (χ3v) is 12.4. The lowest BCUT2D eigenvalue weighted by Crippen LogP contribution is -2.41. The minimum Gasteiger partial charge on any atom is -0.485 e. The minimum absolute atomic E-state index is 0.0391. The molecule has 5 atom stereocenters. The van der Waals surface area contributed by atoms with Crippen LogP contribution in [0.5, 0.6) is 5.75 Å². The van der Waals surface area contributed by atoms with Crippen molar-refractivity contribution < 1.29 is 18.3 Å². The summed E-state index contributed by atoms with van der Waals surface area (Å²) in [7, 11) is 0. The van der Waals surface area contributed by atoms with Crippen molar-refractivity contribution in [2.45, 2.75) is 69.7 Å². The molecule has 2 aromatic heterocycles. The van der Waals surface area contributed by atoms with Crippen molar-refractivity contribution in [1.29, 1.82) is 10.5 Å².